The summed E-state index contributed by atoms with van der Waals surface area (Å²) in [5.41, 5.74) is 2.45. The van der Waals surface area contributed by atoms with E-state index in [-0.39, 0.29) is 11.6 Å². The molecule has 0 aliphatic heterocycles. The lowest BCUT2D eigenvalue weighted by molar-refractivity contribution is 0.248. The van der Waals surface area contributed by atoms with Crippen LogP contribution in [0.4, 0.5) is 4.39 Å². The fraction of sp³-hybridized carbons (Fsp3) is 0.600. The number of methoxy groups -OCH3 is 1. The average molecular weight is 399 g/mol. The van der Waals surface area contributed by atoms with Gasteiger partial charge < -0.3 is 4.74 Å². The molecule has 3 rings (SSSR count). The second kappa shape index (κ2) is 11.3. The molecule has 29 heavy (non-hydrogen) atoms. The molecular weight excluding hydrogens is 363 g/mol. The maximum atomic E-state index is 13.9. The van der Waals surface area contributed by atoms with Gasteiger partial charge in [0.05, 0.1) is 18.5 Å². The monoisotopic (exact) mass is 398 g/mol. The zero-order valence-corrected chi connectivity index (χ0v) is 18.0. The molecule has 1 aliphatic rings. The Bertz CT molecular complexity index is 739. The Labute approximate surface area is 175 Å². The SMILES string of the molecule is CCCCCCC1CCC(CCc2ccc(-c3ccc(OC)c(F)c3)nn2)CC1. The summed E-state index contributed by atoms with van der Waals surface area (Å²) in [5.74, 6) is 1.66. The molecule has 1 fully saturated rings. The summed E-state index contributed by atoms with van der Waals surface area (Å²) in [6, 6.07) is 8.86. The largest absolute Gasteiger partial charge is 0.494 e. The van der Waals surface area contributed by atoms with Crippen LogP contribution < -0.4 is 4.74 Å². The van der Waals surface area contributed by atoms with E-state index in [2.05, 4.69) is 17.1 Å². The van der Waals surface area contributed by atoms with Gasteiger partial charge in [0, 0.05) is 5.56 Å². The van der Waals surface area contributed by atoms with Gasteiger partial charge in [0.1, 0.15) is 0 Å². The van der Waals surface area contributed by atoms with E-state index in [1.165, 1.54) is 77.4 Å². The van der Waals surface area contributed by atoms with Crippen LogP contribution in [-0.2, 0) is 6.42 Å². The van der Waals surface area contributed by atoms with Crippen molar-refractivity contribution in [1.29, 1.82) is 0 Å². The summed E-state index contributed by atoms with van der Waals surface area (Å²) < 4.78 is 18.9. The van der Waals surface area contributed by atoms with E-state index in [4.69, 9.17) is 4.74 Å². The third-order valence-corrected chi connectivity index (χ3v) is 6.41. The molecule has 0 amide bonds. The van der Waals surface area contributed by atoms with Crippen molar-refractivity contribution in [2.24, 2.45) is 11.8 Å². The fourth-order valence-corrected chi connectivity index (χ4v) is 4.49. The van der Waals surface area contributed by atoms with E-state index < -0.39 is 0 Å². The first-order chi connectivity index (χ1) is 14.2. The van der Waals surface area contributed by atoms with E-state index in [0.717, 1.165) is 29.5 Å². The van der Waals surface area contributed by atoms with Gasteiger partial charge in [-0.2, -0.15) is 10.2 Å². The number of aryl methyl sites for hydroxylation is 1. The molecule has 0 atom stereocenters. The molecule has 0 radical (unpaired) electrons. The first kappa shape index (κ1) is 21.7. The average Bonchev–Trinajstić information content (AvgIpc) is 2.76. The Morgan fingerprint density at radius 1 is 0.931 bits per heavy atom. The number of aromatic nitrogens is 2. The van der Waals surface area contributed by atoms with Crippen molar-refractivity contribution in [2.45, 2.75) is 77.6 Å². The second-order valence-electron chi connectivity index (χ2n) is 8.53. The molecule has 4 heteroatoms. The number of rotatable bonds is 10. The molecule has 158 valence electrons. The van der Waals surface area contributed by atoms with Crippen molar-refractivity contribution in [3.63, 3.8) is 0 Å². The van der Waals surface area contributed by atoms with Crippen molar-refractivity contribution < 1.29 is 9.13 Å². The Balaban J connectivity index is 1.42. The Hall–Kier alpha value is -1.97. The number of benzene rings is 1. The van der Waals surface area contributed by atoms with Crippen LogP contribution in [0.5, 0.6) is 5.75 Å². The van der Waals surface area contributed by atoms with E-state index >= 15 is 0 Å². The van der Waals surface area contributed by atoms with E-state index in [0.29, 0.717) is 5.69 Å². The number of hydrogen-bond donors (Lipinski definition) is 0. The van der Waals surface area contributed by atoms with Gasteiger partial charge in [-0.25, -0.2) is 4.39 Å². The summed E-state index contributed by atoms with van der Waals surface area (Å²) in [4.78, 5) is 0. The first-order valence-electron chi connectivity index (χ1n) is 11.4. The number of nitrogens with zero attached hydrogens (tertiary/aromatic N) is 2. The fourth-order valence-electron chi connectivity index (χ4n) is 4.49. The van der Waals surface area contributed by atoms with Gasteiger partial charge in [-0.1, -0.05) is 64.7 Å². The summed E-state index contributed by atoms with van der Waals surface area (Å²) in [7, 11) is 1.47. The predicted octanol–water partition coefficient (Wildman–Crippen LogP) is 7.00. The normalized spacial score (nSPS) is 19.3. The van der Waals surface area contributed by atoms with Crippen LogP contribution in [0, 0.1) is 17.7 Å². The van der Waals surface area contributed by atoms with Crippen LogP contribution in [0.15, 0.2) is 30.3 Å². The van der Waals surface area contributed by atoms with Crippen molar-refractivity contribution in [3.8, 4) is 17.0 Å². The molecule has 0 bridgehead atoms. The Morgan fingerprint density at radius 2 is 1.69 bits per heavy atom. The summed E-state index contributed by atoms with van der Waals surface area (Å²) in [5, 5.41) is 8.69. The number of unbranched alkanes of at least 4 members (excludes halogenated alkanes) is 3. The van der Waals surface area contributed by atoms with Crippen LogP contribution in [0.3, 0.4) is 0 Å². The van der Waals surface area contributed by atoms with E-state index in [1.54, 1.807) is 6.07 Å². The van der Waals surface area contributed by atoms with Gasteiger partial charge >= 0.3 is 0 Å². The summed E-state index contributed by atoms with van der Waals surface area (Å²) >= 11 is 0. The lowest BCUT2D eigenvalue weighted by atomic mass is 9.78. The molecule has 1 aromatic carbocycles. The zero-order chi connectivity index (χ0) is 20.5. The van der Waals surface area contributed by atoms with Gasteiger partial charge in [-0.3, -0.25) is 0 Å². The van der Waals surface area contributed by atoms with Crippen LogP contribution in [0.1, 0.15) is 76.8 Å². The minimum absolute atomic E-state index is 0.244. The van der Waals surface area contributed by atoms with Gasteiger partial charge in [0.25, 0.3) is 0 Å². The smallest absolute Gasteiger partial charge is 0.165 e. The number of hydrogen-bond acceptors (Lipinski definition) is 3. The lowest BCUT2D eigenvalue weighted by Gasteiger charge is -2.28. The van der Waals surface area contributed by atoms with Gasteiger partial charge in [0.2, 0.25) is 0 Å². The number of halogens is 1. The first-order valence-corrected chi connectivity index (χ1v) is 11.4. The third-order valence-electron chi connectivity index (χ3n) is 6.41. The summed E-state index contributed by atoms with van der Waals surface area (Å²) in [6.45, 7) is 2.28. The topological polar surface area (TPSA) is 35.0 Å². The molecule has 1 saturated carbocycles. The quantitative estimate of drug-likeness (QED) is 0.404. The molecule has 1 aromatic heterocycles. The number of ether oxygens (including phenoxy) is 1. The highest BCUT2D eigenvalue weighted by atomic mass is 19.1. The van der Waals surface area contributed by atoms with Gasteiger partial charge in [-0.05, 0) is 55.0 Å². The molecule has 1 heterocycles. The highest BCUT2D eigenvalue weighted by Crippen LogP contribution is 2.34. The van der Waals surface area contributed by atoms with Crippen molar-refractivity contribution >= 4 is 0 Å². The molecule has 0 unspecified atom stereocenters. The van der Waals surface area contributed by atoms with E-state index in [1.807, 2.05) is 18.2 Å². The van der Waals surface area contributed by atoms with Gasteiger partial charge in [-0.15, -0.1) is 0 Å². The molecule has 2 aromatic rings. The summed E-state index contributed by atoms with van der Waals surface area (Å²) in [6.07, 6.45) is 14.7. The Morgan fingerprint density at radius 3 is 2.31 bits per heavy atom. The van der Waals surface area contributed by atoms with Crippen LogP contribution >= 0.6 is 0 Å². The van der Waals surface area contributed by atoms with Crippen LogP contribution in [0.2, 0.25) is 0 Å². The lowest BCUT2D eigenvalue weighted by Crippen LogP contribution is -2.15. The minimum Gasteiger partial charge on any atom is -0.494 e. The minimum atomic E-state index is -0.378. The molecule has 1 aliphatic carbocycles. The van der Waals surface area contributed by atoms with Crippen molar-refractivity contribution in [1.82, 2.24) is 10.2 Å². The van der Waals surface area contributed by atoms with E-state index in [9.17, 15) is 4.39 Å². The molecule has 3 nitrogen and oxygen atoms in total. The third kappa shape index (κ3) is 6.52. The highest BCUT2D eigenvalue weighted by Gasteiger charge is 2.20. The zero-order valence-electron chi connectivity index (χ0n) is 18.0. The molecule has 0 saturated heterocycles. The molecule has 0 N–H and O–H groups in total. The van der Waals surface area contributed by atoms with Gasteiger partial charge in [0.15, 0.2) is 11.6 Å². The van der Waals surface area contributed by atoms with Crippen LogP contribution in [0.25, 0.3) is 11.3 Å². The standard InChI is InChI=1S/C25H35FN2O/c1-3-4-5-6-7-19-8-10-20(11-9-19)12-14-22-15-16-24(28-27-22)21-13-17-25(29-2)23(26)18-21/h13,15-20H,3-12,14H2,1-2H3. The highest BCUT2D eigenvalue weighted by molar-refractivity contribution is 5.59. The van der Waals surface area contributed by atoms with Crippen molar-refractivity contribution in [3.05, 3.63) is 41.8 Å². The second-order valence-corrected chi connectivity index (χ2v) is 8.53. The maximum absolute atomic E-state index is 13.9. The molecular formula is C25H35FN2O. The van der Waals surface area contributed by atoms with Crippen LogP contribution in [-0.4, -0.2) is 17.3 Å². The maximum Gasteiger partial charge on any atom is 0.165 e. The Kier molecular flexibility index (Phi) is 8.45. The predicted molar refractivity (Wildman–Crippen MR) is 117 cm³/mol. The molecule has 0 spiro atoms. The van der Waals surface area contributed by atoms with Crippen molar-refractivity contribution in [2.75, 3.05) is 7.11 Å².